The third-order valence-corrected chi connectivity index (χ3v) is 6.54. The van der Waals surface area contributed by atoms with Gasteiger partial charge in [-0.15, -0.1) is 22.6 Å². The highest BCUT2D eigenvalue weighted by Gasteiger charge is 2.35. The van der Waals surface area contributed by atoms with Crippen LogP contribution in [0, 0.1) is 6.57 Å². The van der Waals surface area contributed by atoms with E-state index in [1.165, 1.54) is 0 Å². The highest BCUT2D eigenvalue weighted by Crippen LogP contribution is 2.35. The minimum Gasteiger partial charge on any atom is -0.495 e. The van der Waals surface area contributed by atoms with Gasteiger partial charge in [-0.1, -0.05) is 29.8 Å². The minimum atomic E-state index is -0.502. The molecule has 10 heteroatoms. The molecule has 4 rings (SSSR count). The van der Waals surface area contributed by atoms with Gasteiger partial charge >= 0.3 is 0 Å². The molecule has 0 saturated carbocycles. The standard InChI is InChI=1S/C24H26ClN5O3.ClH/c1-26-17-5-6-18-19(13-17)22(27-14-16-4-7-21(32-2)20(25)12-16)28-29-23(18)30-10-8-24(15-31,33-3)9-11-30;/h4-7,12-13,31H,8-11,14-15H2,2-3H3,(H,27,28);1H. The lowest BCUT2D eigenvalue weighted by atomic mass is 9.92. The zero-order valence-electron chi connectivity index (χ0n) is 19.0. The molecule has 1 fully saturated rings. The van der Waals surface area contributed by atoms with Crippen LogP contribution in [0.5, 0.6) is 5.75 Å². The zero-order valence-corrected chi connectivity index (χ0v) is 20.6. The number of nitrogens with zero attached hydrogens (tertiary/aromatic N) is 4. The average molecular weight is 504 g/mol. The maximum absolute atomic E-state index is 9.74. The Bertz CT molecular complexity index is 1190. The Labute approximate surface area is 210 Å². The molecular weight excluding hydrogens is 477 g/mol. The number of ether oxygens (including phenoxy) is 2. The van der Waals surface area contributed by atoms with Gasteiger partial charge in [-0.05, 0) is 36.6 Å². The lowest BCUT2D eigenvalue weighted by Gasteiger charge is -2.40. The molecule has 0 radical (unpaired) electrons. The van der Waals surface area contributed by atoms with Crippen LogP contribution in [-0.2, 0) is 11.3 Å². The van der Waals surface area contributed by atoms with Gasteiger partial charge in [-0.2, -0.15) is 0 Å². The van der Waals surface area contributed by atoms with E-state index in [1.807, 2.05) is 30.3 Å². The quantitative estimate of drug-likeness (QED) is 0.445. The third-order valence-electron chi connectivity index (χ3n) is 6.24. The van der Waals surface area contributed by atoms with Crippen molar-refractivity contribution in [1.82, 2.24) is 10.2 Å². The van der Waals surface area contributed by atoms with Crippen molar-refractivity contribution in [3.63, 3.8) is 0 Å². The van der Waals surface area contributed by atoms with Crippen LogP contribution in [0.3, 0.4) is 0 Å². The molecule has 0 amide bonds. The van der Waals surface area contributed by atoms with Gasteiger partial charge in [-0.25, -0.2) is 4.85 Å². The molecule has 0 unspecified atom stereocenters. The largest absolute Gasteiger partial charge is 0.495 e. The number of benzene rings is 2. The summed E-state index contributed by atoms with van der Waals surface area (Å²) in [6, 6.07) is 11.2. The number of nitrogens with one attached hydrogen (secondary N) is 1. The number of piperidine rings is 1. The van der Waals surface area contributed by atoms with Crippen molar-refractivity contribution >= 4 is 52.1 Å². The lowest BCUT2D eigenvalue weighted by molar-refractivity contribution is -0.0673. The summed E-state index contributed by atoms with van der Waals surface area (Å²) < 4.78 is 10.8. The summed E-state index contributed by atoms with van der Waals surface area (Å²) in [6.07, 6.45) is 1.39. The molecule has 2 heterocycles. The van der Waals surface area contributed by atoms with Crippen molar-refractivity contribution in [2.75, 3.05) is 44.1 Å². The Morgan fingerprint density at radius 1 is 1.15 bits per heavy atom. The SMILES string of the molecule is Cl.[C-]#[N+]c1ccc2c(N3CCC(CO)(OC)CC3)nnc(NCc3ccc(OC)c(Cl)c3)c2c1. The van der Waals surface area contributed by atoms with Crippen LogP contribution < -0.4 is 15.0 Å². The van der Waals surface area contributed by atoms with Crippen molar-refractivity contribution in [3.8, 4) is 5.75 Å². The smallest absolute Gasteiger partial charge is 0.188 e. The molecule has 0 aliphatic carbocycles. The first-order valence-corrected chi connectivity index (χ1v) is 11.1. The number of fused-ring (bicyclic) bond motifs is 1. The van der Waals surface area contributed by atoms with Gasteiger partial charge < -0.3 is 24.8 Å². The number of hydrogen-bond acceptors (Lipinski definition) is 7. The maximum Gasteiger partial charge on any atom is 0.188 e. The molecule has 3 aromatic rings. The molecule has 1 saturated heterocycles. The van der Waals surface area contributed by atoms with Gasteiger partial charge in [-0.3, -0.25) is 0 Å². The van der Waals surface area contributed by atoms with Crippen LogP contribution in [0.2, 0.25) is 5.02 Å². The Morgan fingerprint density at radius 2 is 1.91 bits per heavy atom. The molecule has 0 spiro atoms. The van der Waals surface area contributed by atoms with Gasteiger partial charge in [0.1, 0.15) is 5.75 Å². The van der Waals surface area contributed by atoms with Gasteiger partial charge in [0.2, 0.25) is 0 Å². The highest BCUT2D eigenvalue weighted by atomic mass is 35.5. The van der Waals surface area contributed by atoms with Crippen molar-refractivity contribution in [2.24, 2.45) is 0 Å². The molecule has 2 N–H and O–H groups in total. The van der Waals surface area contributed by atoms with E-state index in [4.69, 9.17) is 27.6 Å². The number of aliphatic hydroxyl groups excluding tert-OH is 1. The van der Waals surface area contributed by atoms with Gasteiger partial charge in [0.05, 0.1) is 30.9 Å². The number of anilines is 2. The second-order valence-electron chi connectivity index (χ2n) is 8.07. The van der Waals surface area contributed by atoms with Crippen molar-refractivity contribution < 1.29 is 14.6 Å². The minimum absolute atomic E-state index is 0. The Kier molecular flexibility index (Phi) is 8.39. The summed E-state index contributed by atoms with van der Waals surface area (Å²) in [5, 5.41) is 24.4. The predicted molar refractivity (Wildman–Crippen MR) is 137 cm³/mol. The Morgan fingerprint density at radius 3 is 2.53 bits per heavy atom. The van der Waals surface area contributed by atoms with E-state index >= 15 is 0 Å². The second-order valence-corrected chi connectivity index (χ2v) is 8.48. The van der Waals surface area contributed by atoms with Crippen molar-refractivity contribution in [3.05, 3.63) is 58.4 Å². The molecule has 180 valence electrons. The van der Waals surface area contributed by atoms with Gasteiger partial charge in [0.25, 0.3) is 0 Å². The van der Waals surface area contributed by atoms with Crippen molar-refractivity contribution in [2.45, 2.75) is 25.0 Å². The fraction of sp³-hybridized carbons (Fsp3) is 0.375. The van der Waals surface area contributed by atoms with Crippen molar-refractivity contribution in [1.29, 1.82) is 0 Å². The first kappa shape index (κ1) is 25.8. The molecule has 1 aliphatic rings. The van der Waals surface area contributed by atoms with Crippen LogP contribution in [0.15, 0.2) is 36.4 Å². The molecule has 1 aromatic heterocycles. The summed E-state index contributed by atoms with van der Waals surface area (Å²) in [5.41, 5.74) is 1.00. The van der Waals surface area contributed by atoms with E-state index in [1.54, 1.807) is 20.3 Å². The Balaban J connectivity index is 0.00000324. The number of rotatable bonds is 7. The van der Waals surface area contributed by atoms with Gasteiger partial charge in [0, 0.05) is 37.5 Å². The monoisotopic (exact) mass is 503 g/mol. The first-order chi connectivity index (χ1) is 16.0. The topological polar surface area (TPSA) is 84.1 Å². The number of aliphatic hydroxyl groups is 1. The molecule has 2 aromatic carbocycles. The number of methoxy groups -OCH3 is 2. The third kappa shape index (κ3) is 5.13. The van der Waals surface area contributed by atoms with Crippen LogP contribution in [0.1, 0.15) is 18.4 Å². The molecular formula is C24H27Cl2N5O3. The van der Waals surface area contributed by atoms with E-state index in [-0.39, 0.29) is 19.0 Å². The fourth-order valence-corrected chi connectivity index (χ4v) is 4.40. The van der Waals surface area contributed by atoms with E-state index in [9.17, 15) is 5.11 Å². The van der Waals surface area contributed by atoms with Crippen LogP contribution in [-0.4, -0.2) is 54.8 Å². The normalized spacial score (nSPS) is 14.9. The summed E-state index contributed by atoms with van der Waals surface area (Å²) in [7, 11) is 3.22. The number of aromatic nitrogens is 2. The number of hydrogen-bond donors (Lipinski definition) is 2. The fourth-order valence-electron chi connectivity index (χ4n) is 4.12. The predicted octanol–water partition coefficient (Wildman–Crippen LogP) is 4.85. The van der Waals surface area contributed by atoms with E-state index in [0.29, 0.717) is 54.8 Å². The molecule has 0 bridgehead atoms. The maximum atomic E-state index is 9.74. The number of halogens is 2. The summed E-state index contributed by atoms with van der Waals surface area (Å²) in [5.74, 6) is 1.99. The van der Waals surface area contributed by atoms with E-state index < -0.39 is 5.60 Å². The van der Waals surface area contributed by atoms with Crippen LogP contribution in [0.25, 0.3) is 15.6 Å². The highest BCUT2D eigenvalue weighted by molar-refractivity contribution is 6.32. The average Bonchev–Trinajstić information content (AvgIpc) is 2.87. The van der Waals surface area contributed by atoms with E-state index in [0.717, 1.165) is 22.2 Å². The molecule has 34 heavy (non-hydrogen) atoms. The van der Waals surface area contributed by atoms with Crippen LogP contribution >= 0.6 is 24.0 Å². The summed E-state index contributed by atoms with van der Waals surface area (Å²) >= 11 is 6.25. The van der Waals surface area contributed by atoms with Gasteiger partial charge in [0.15, 0.2) is 17.3 Å². The summed E-state index contributed by atoms with van der Waals surface area (Å²) in [6.45, 7) is 9.29. The first-order valence-electron chi connectivity index (χ1n) is 10.7. The zero-order chi connectivity index (χ0) is 23.4. The Hall–Kier alpha value is -2.83. The summed E-state index contributed by atoms with van der Waals surface area (Å²) in [4.78, 5) is 5.74. The lowest BCUT2D eigenvalue weighted by Crippen LogP contribution is -2.48. The molecule has 8 nitrogen and oxygen atoms in total. The van der Waals surface area contributed by atoms with E-state index in [2.05, 4.69) is 25.3 Å². The molecule has 0 atom stereocenters. The molecule has 1 aliphatic heterocycles. The second kappa shape index (κ2) is 11.1. The van der Waals surface area contributed by atoms with Crippen LogP contribution in [0.4, 0.5) is 17.3 Å².